The molecule has 0 radical (unpaired) electrons. The van der Waals surface area contributed by atoms with Gasteiger partial charge in [0.2, 0.25) is 17.7 Å². The molecule has 1 heterocycles. The van der Waals surface area contributed by atoms with Gasteiger partial charge in [0, 0.05) is 13.0 Å². The minimum atomic E-state index is -1.45. The minimum Gasteiger partial charge on any atom is -0.481 e. The van der Waals surface area contributed by atoms with Crippen LogP contribution in [0, 0.1) is 0 Å². The third kappa shape index (κ3) is 10.6. The summed E-state index contributed by atoms with van der Waals surface area (Å²) in [5.41, 5.74) is 10.5. The molecule has 14 nitrogen and oxygen atoms in total. The van der Waals surface area contributed by atoms with Crippen LogP contribution >= 0.6 is 0 Å². The number of carbonyl (C=O) groups excluding carboxylic acids is 3. The topological polar surface area (TPSA) is 238 Å². The highest BCUT2D eigenvalue weighted by Crippen LogP contribution is 2.06. The van der Waals surface area contributed by atoms with Gasteiger partial charge in [0.25, 0.3) is 0 Å². The van der Waals surface area contributed by atoms with Crippen molar-refractivity contribution in [3.63, 3.8) is 0 Å². The number of aliphatic carboxylic acids is 2. The Bertz CT molecular complexity index is 749. The summed E-state index contributed by atoms with van der Waals surface area (Å²) in [4.78, 5) is 63.4. The quantitative estimate of drug-likeness (QED) is 0.0736. The first-order valence-electron chi connectivity index (χ1n) is 10.7. The van der Waals surface area contributed by atoms with E-state index in [1.54, 1.807) is 0 Å². The van der Waals surface area contributed by atoms with Gasteiger partial charge >= 0.3 is 11.9 Å². The molecular formula is C19H33N7O7. The lowest BCUT2D eigenvalue weighted by Crippen LogP contribution is -2.56. The summed E-state index contributed by atoms with van der Waals surface area (Å²) in [6.45, 7) is 2.34. The number of amides is 3. The number of carboxylic acid groups (broad SMARTS) is 2. The molecule has 3 amide bonds. The van der Waals surface area contributed by atoms with Gasteiger partial charge in [-0.2, -0.15) is 0 Å². The second-order valence-corrected chi connectivity index (χ2v) is 7.72. The molecule has 4 unspecified atom stereocenters. The maximum Gasteiger partial charge on any atom is 0.326 e. The number of carboxylic acids is 2. The van der Waals surface area contributed by atoms with E-state index in [2.05, 4.69) is 26.3 Å². The fourth-order valence-electron chi connectivity index (χ4n) is 3.15. The molecule has 0 aromatic rings. The molecule has 14 heteroatoms. The van der Waals surface area contributed by atoms with Crippen LogP contribution in [0.25, 0.3) is 0 Å². The highest BCUT2D eigenvalue weighted by atomic mass is 16.4. The van der Waals surface area contributed by atoms with Crippen molar-refractivity contribution in [2.45, 2.75) is 69.6 Å². The number of rotatable bonds is 14. The van der Waals surface area contributed by atoms with Gasteiger partial charge in [-0.25, -0.2) is 4.79 Å². The van der Waals surface area contributed by atoms with Gasteiger partial charge in [0.15, 0.2) is 5.96 Å². The van der Waals surface area contributed by atoms with Crippen LogP contribution in [0.4, 0.5) is 0 Å². The molecule has 1 rings (SSSR count). The van der Waals surface area contributed by atoms with Crippen molar-refractivity contribution in [2.24, 2.45) is 16.5 Å². The summed E-state index contributed by atoms with van der Waals surface area (Å²) in [6, 6.07) is -3.93. The highest BCUT2D eigenvalue weighted by molar-refractivity contribution is 5.94. The Balaban J connectivity index is 2.79. The molecule has 10 N–H and O–H groups in total. The molecule has 0 aliphatic carbocycles. The Morgan fingerprint density at radius 1 is 1.03 bits per heavy atom. The zero-order valence-electron chi connectivity index (χ0n) is 18.5. The van der Waals surface area contributed by atoms with E-state index >= 15 is 0 Å². The van der Waals surface area contributed by atoms with Crippen molar-refractivity contribution in [3.05, 3.63) is 0 Å². The van der Waals surface area contributed by atoms with E-state index in [1.165, 1.54) is 6.92 Å². The van der Waals surface area contributed by atoms with Crippen molar-refractivity contribution in [1.82, 2.24) is 21.3 Å². The Kier molecular flexibility index (Phi) is 11.6. The van der Waals surface area contributed by atoms with Gasteiger partial charge in [-0.1, -0.05) is 0 Å². The number of nitrogens with two attached hydrogens (primary N) is 2. The van der Waals surface area contributed by atoms with E-state index in [0.29, 0.717) is 13.0 Å². The average Bonchev–Trinajstić information content (AvgIpc) is 3.27. The first-order chi connectivity index (χ1) is 15.5. The molecule has 186 valence electrons. The van der Waals surface area contributed by atoms with Crippen molar-refractivity contribution in [2.75, 3.05) is 13.1 Å². The smallest absolute Gasteiger partial charge is 0.326 e. The van der Waals surface area contributed by atoms with E-state index in [-0.39, 0.29) is 43.7 Å². The summed E-state index contributed by atoms with van der Waals surface area (Å²) in [7, 11) is 0. The maximum atomic E-state index is 12.7. The molecule has 1 fully saturated rings. The van der Waals surface area contributed by atoms with Gasteiger partial charge < -0.3 is 42.9 Å². The Morgan fingerprint density at radius 3 is 2.24 bits per heavy atom. The Morgan fingerprint density at radius 2 is 1.70 bits per heavy atom. The van der Waals surface area contributed by atoms with E-state index in [1.807, 2.05) is 0 Å². The van der Waals surface area contributed by atoms with Crippen molar-refractivity contribution < 1.29 is 34.2 Å². The molecule has 0 spiro atoms. The second kappa shape index (κ2) is 13.9. The van der Waals surface area contributed by atoms with E-state index in [4.69, 9.17) is 16.6 Å². The molecule has 0 saturated carbocycles. The largest absolute Gasteiger partial charge is 0.481 e. The molecule has 0 aromatic heterocycles. The number of hydrogen-bond acceptors (Lipinski definition) is 7. The molecular weight excluding hydrogens is 438 g/mol. The van der Waals surface area contributed by atoms with Crippen LogP contribution in [0.5, 0.6) is 0 Å². The molecule has 33 heavy (non-hydrogen) atoms. The molecule has 4 atom stereocenters. The van der Waals surface area contributed by atoms with Gasteiger partial charge in [-0.05, 0) is 45.6 Å². The minimum absolute atomic E-state index is 0.0739. The fourth-order valence-corrected chi connectivity index (χ4v) is 3.15. The normalized spacial score (nSPS) is 17.8. The van der Waals surface area contributed by atoms with E-state index in [0.717, 1.165) is 6.42 Å². The van der Waals surface area contributed by atoms with Crippen LogP contribution in [0.15, 0.2) is 4.99 Å². The van der Waals surface area contributed by atoms with Crippen molar-refractivity contribution in [1.29, 1.82) is 0 Å². The van der Waals surface area contributed by atoms with Gasteiger partial charge in [0.05, 0.1) is 6.04 Å². The highest BCUT2D eigenvalue weighted by Gasteiger charge is 2.29. The number of aliphatic imine (C=N–C) groups is 1. The first kappa shape index (κ1) is 27.6. The molecule has 0 bridgehead atoms. The molecule has 1 saturated heterocycles. The lowest BCUT2D eigenvalue weighted by atomic mass is 10.1. The zero-order chi connectivity index (χ0) is 25.0. The summed E-state index contributed by atoms with van der Waals surface area (Å²) in [5, 5.41) is 28.4. The lowest BCUT2D eigenvalue weighted by Gasteiger charge is -2.23. The summed E-state index contributed by atoms with van der Waals surface area (Å²) in [5.74, 6) is -4.53. The van der Waals surface area contributed by atoms with Crippen LogP contribution in [0.3, 0.4) is 0 Å². The molecule has 1 aliphatic heterocycles. The second-order valence-electron chi connectivity index (χ2n) is 7.72. The number of nitrogens with zero attached hydrogens (tertiary/aromatic N) is 1. The van der Waals surface area contributed by atoms with Gasteiger partial charge in [-0.15, -0.1) is 0 Å². The van der Waals surface area contributed by atoms with E-state index < -0.39 is 48.3 Å². The van der Waals surface area contributed by atoms with E-state index in [9.17, 15) is 29.1 Å². The Labute approximate surface area is 190 Å². The molecule has 1 aliphatic rings. The third-order valence-electron chi connectivity index (χ3n) is 4.97. The van der Waals surface area contributed by atoms with Crippen molar-refractivity contribution >= 4 is 35.6 Å². The summed E-state index contributed by atoms with van der Waals surface area (Å²) < 4.78 is 0. The predicted molar refractivity (Wildman–Crippen MR) is 117 cm³/mol. The van der Waals surface area contributed by atoms with Crippen LogP contribution in [-0.4, -0.2) is 83.1 Å². The lowest BCUT2D eigenvalue weighted by molar-refractivity contribution is -0.143. The van der Waals surface area contributed by atoms with Crippen LogP contribution in [-0.2, 0) is 24.0 Å². The Hall–Kier alpha value is -3.42. The third-order valence-corrected chi connectivity index (χ3v) is 4.97. The average molecular weight is 472 g/mol. The maximum absolute atomic E-state index is 12.7. The van der Waals surface area contributed by atoms with Crippen LogP contribution < -0.4 is 32.7 Å². The van der Waals surface area contributed by atoms with Crippen LogP contribution in [0.2, 0.25) is 0 Å². The fraction of sp³-hybridized carbons (Fsp3) is 0.684. The van der Waals surface area contributed by atoms with Gasteiger partial charge in [-0.3, -0.25) is 24.2 Å². The number of nitrogens with one attached hydrogen (secondary N) is 4. The number of carbonyl (C=O) groups is 5. The number of hydrogen-bond donors (Lipinski definition) is 8. The number of guanidine groups is 1. The standard InChI is InChI=1S/C19H33N7O7/c1-10(24-16(30)11-4-2-8-22-11)15(29)25-12(5-3-9-23-19(20)21)17(31)26-13(18(32)33)6-7-14(27)28/h10-13,22H,2-9H2,1H3,(H,24,30)(H,25,29)(H,26,31)(H,27,28)(H,32,33)(H4,20,21,23). The van der Waals surface area contributed by atoms with Crippen molar-refractivity contribution in [3.8, 4) is 0 Å². The summed E-state index contributed by atoms with van der Waals surface area (Å²) in [6.07, 6.45) is 1.08. The predicted octanol–water partition coefficient (Wildman–Crippen LogP) is -2.78. The zero-order valence-corrected chi connectivity index (χ0v) is 18.5. The summed E-state index contributed by atoms with van der Waals surface area (Å²) >= 11 is 0. The SMILES string of the molecule is CC(NC(=O)C1CCCN1)C(=O)NC(CCCN=C(N)N)C(=O)NC(CCC(=O)O)C(=O)O. The molecule has 0 aromatic carbocycles. The van der Waals surface area contributed by atoms with Gasteiger partial charge in [0.1, 0.15) is 18.1 Å². The van der Waals surface area contributed by atoms with Crippen LogP contribution in [0.1, 0.15) is 45.4 Å². The first-order valence-corrected chi connectivity index (χ1v) is 10.7. The monoisotopic (exact) mass is 471 g/mol.